The summed E-state index contributed by atoms with van der Waals surface area (Å²) >= 11 is 0. The summed E-state index contributed by atoms with van der Waals surface area (Å²) in [4.78, 5) is 35.1. The molecule has 8 nitrogen and oxygen atoms in total. The molecule has 0 heterocycles. The van der Waals surface area contributed by atoms with Crippen LogP contribution in [0.5, 0.6) is 11.5 Å². The van der Waals surface area contributed by atoms with Gasteiger partial charge in [0.05, 0.1) is 6.61 Å². The van der Waals surface area contributed by atoms with Crippen LogP contribution in [-0.2, 0) is 19.1 Å². The van der Waals surface area contributed by atoms with Gasteiger partial charge < -0.3 is 24.8 Å². The van der Waals surface area contributed by atoms with Crippen molar-refractivity contribution in [3.63, 3.8) is 0 Å². The van der Waals surface area contributed by atoms with Crippen molar-refractivity contribution in [1.29, 1.82) is 0 Å². The Labute approximate surface area is 169 Å². The minimum Gasteiger partial charge on any atom is -0.494 e. The molecule has 0 bridgehead atoms. The zero-order valence-electron chi connectivity index (χ0n) is 16.6. The van der Waals surface area contributed by atoms with Gasteiger partial charge >= 0.3 is 5.97 Å². The summed E-state index contributed by atoms with van der Waals surface area (Å²) in [6, 6.07) is 13.4. The van der Waals surface area contributed by atoms with E-state index in [-0.39, 0.29) is 12.5 Å². The maximum absolute atomic E-state index is 12.2. The van der Waals surface area contributed by atoms with Crippen LogP contribution in [0.3, 0.4) is 0 Å². The molecule has 0 aliphatic heterocycles. The smallest absolute Gasteiger partial charge is 0.344 e. The molecule has 0 saturated carbocycles. The highest BCUT2D eigenvalue weighted by molar-refractivity contribution is 5.95. The predicted molar refractivity (Wildman–Crippen MR) is 108 cm³/mol. The summed E-state index contributed by atoms with van der Waals surface area (Å²) in [5, 5.41) is 5.27. The van der Waals surface area contributed by atoms with Crippen molar-refractivity contribution in [1.82, 2.24) is 0 Å². The van der Waals surface area contributed by atoms with E-state index in [1.54, 1.807) is 48.5 Å². The van der Waals surface area contributed by atoms with E-state index < -0.39 is 18.0 Å². The van der Waals surface area contributed by atoms with Gasteiger partial charge in [-0.1, -0.05) is 0 Å². The number of carbonyl (C=O) groups excluding carboxylic acids is 3. The van der Waals surface area contributed by atoms with E-state index in [0.717, 1.165) is 0 Å². The Bertz CT molecular complexity index is 833. The third-order valence-electron chi connectivity index (χ3n) is 3.64. The van der Waals surface area contributed by atoms with Crippen molar-refractivity contribution in [2.24, 2.45) is 0 Å². The first-order chi connectivity index (χ1) is 13.9. The summed E-state index contributed by atoms with van der Waals surface area (Å²) < 4.78 is 15.8. The first-order valence-corrected chi connectivity index (χ1v) is 9.11. The van der Waals surface area contributed by atoms with Gasteiger partial charge in [-0.3, -0.25) is 9.59 Å². The number of ether oxygens (including phenoxy) is 3. The van der Waals surface area contributed by atoms with Crippen LogP contribution in [0, 0.1) is 0 Å². The molecule has 2 aromatic rings. The van der Waals surface area contributed by atoms with Crippen LogP contribution in [0.1, 0.15) is 20.8 Å². The molecule has 8 heteroatoms. The highest BCUT2D eigenvalue weighted by Crippen LogP contribution is 2.17. The number of carbonyl (C=O) groups is 3. The van der Waals surface area contributed by atoms with Gasteiger partial charge in [-0.05, 0) is 62.4 Å². The summed E-state index contributed by atoms with van der Waals surface area (Å²) in [6.07, 6.45) is -0.999. The Hall–Kier alpha value is -3.55. The molecule has 2 N–H and O–H groups in total. The molecule has 0 saturated heterocycles. The maximum Gasteiger partial charge on any atom is 0.344 e. The van der Waals surface area contributed by atoms with Crippen molar-refractivity contribution in [3.05, 3.63) is 48.5 Å². The molecule has 0 unspecified atom stereocenters. The lowest BCUT2D eigenvalue weighted by Gasteiger charge is -2.14. The lowest BCUT2D eigenvalue weighted by Crippen LogP contribution is -2.31. The van der Waals surface area contributed by atoms with Crippen LogP contribution >= 0.6 is 0 Å². The number of nitrogens with one attached hydrogen (secondary N) is 2. The first-order valence-electron chi connectivity index (χ1n) is 9.11. The Kier molecular flexibility index (Phi) is 8.02. The van der Waals surface area contributed by atoms with Crippen LogP contribution in [0.25, 0.3) is 0 Å². The topological polar surface area (TPSA) is 103 Å². The number of hydrogen-bond acceptors (Lipinski definition) is 6. The largest absolute Gasteiger partial charge is 0.494 e. The highest BCUT2D eigenvalue weighted by atomic mass is 16.6. The number of esters is 1. The van der Waals surface area contributed by atoms with Crippen LogP contribution < -0.4 is 20.1 Å². The molecule has 0 radical (unpaired) electrons. The van der Waals surface area contributed by atoms with Gasteiger partial charge in [0.25, 0.3) is 5.91 Å². The molecule has 29 heavy (non-hydrogen) atoms. The molecular weight excluding hydrogens is 376 g/mol. The maximum atomic E-state index is 12.2. The van der Waals surface area contributed by atoms with Crippen molar-refractivity contribution in [3.8, 4) is 11.5 Å². The molecule has 2 rings (SSSR count). The van der Waals surface area contributed by atoms with Crippen molar-refractivity contribution in [2.45, 2.75) is 26.9 Å². The third kappa shape index (κ3) is 7.53. The Morgan fingerprint density at radius 3 is 1.90 bits per heavy atom. The number of rotatable bonds is 9. The zero-order valence-corrected chi connectivity index (χ0v) is 16.6. The molecule has 0 aromatic heterocycles. The first kappa shape index (κ1) is 21.7. The number of hydrogen-bond donors (Lipinski definition) is 2. The SMILES string of the molecule is CCOc1ccc(OCC(=O)O[C@@H](C)C(=O)Nc2ccc(NC(C)=O)cc2)cc1. The van der Waals surface area contributed by atoms with Crippen molar-refractivity contribution in [2.75, 3.05) is 23.8 Å². The Morgan fingerprint density at radius 1 is 0.862 bits per heavy atom. The summed E-state index contributed by atoms with van der Waals surface area (Å²) in [5.74, 6) is -0.136. The Balaban J connectivity index is 1.77. The molecule has 2 aromatic carbocycles. The lowest BCUT2D eigenvalue weighted by molar-refractivity contribution is -0.155. The van der Waals surface area contributed by atoms with Gasteiger partial charge in [0.2, 0.25) is 5.91 Å². The van der Waals surface area contributed by atoms with Gasteiger partial charge in [0.1, 0.15) is 11.5 Å². The van der Waals surface area contributed by atoms with E-state index in [0.29, 0.717) is 29.5 Å². The minimum absolute atomic E-state index is 0.185. The lowest BCUT2D eigenvalue weighted by atomic mass is 10.2. The van der Waals surface area contributed by atoms with Crippen LogP contribution in [0.4, 0.5) is 11.4 Å². The number of benzene rings is 2. The fourth-order valence-electron chi connectivity index (χ4n) is 2.31. The monoisotopic (exact) mass is 400 g/mol. The zero-order chi connectivity index (χ0) is 21.2. The molecule has 154 valence electrons. The number of amides is 2. The molecule has 0 fully saturated rings. The average molecular weight is 400 g/mol. The van der Waals surface area contributed by atoms with Gasteiger partial charge in [-0.25, -0.2) is 4.79 Å². The van der Waals surface area contributed by atoms with E-state index in [4.69, 9.17) is 14.2 Å². The van der Waals surface area contributed by atoms with Gasteiger partial charge in [0, 0.05) is 18.3 Å². The second-order valence-electron chi connectivity index (χ2n) is 6.07. The van der Waals surface area contributed by atoms with E-state index >= 15 is 0 Å². The van der Waals surface area contributed by atoms with Crippen LogP contribution in [0.2, 0.25) is 0 Å². The third-order valence-corrected chi connectivity index (χ3v) is 3.64. The predicted octanol–water partition coefficient (Wildman–Crippen LogP) is 2.99. The van der Waals surface area contributed by atoms with E-state index in [1.165, 1.54) is 13.8 Å². The van der Waals surface area contributed by atoms with Crippen LogP contribution in [0.15, 0.2) is 48.5 Å². The van der Waals surface area contributed by atoms with Gasteiger partial charge in [-0.15, -0.1) is 0 Å². The highest BCUT2D eigenvalue weighted by Gasteiger charge is 2.18. The fourth-order valence-corrected chi connectivity index (χ4v) is 2.31. The summed E-state index contributed by atoms with van der Waals surface area (Å²) in [6.45, 7) is 5.00. The molecule has 2 amide bonds. The molecule has 0 spiro atoms. The summed E-state index contributed by atoms with van der Waals surface area (Å²) in [7, 11) is 0. The number of anilines is 2. The van der Waals surface area contributed by atoms with Crippen molar-refractivity contribution >= 4 is 29.2 Å². The quantitative estimate of drug-likeness (QED) is 0.627. The van der Waals surface area contributed by atoms with E-state index in [9.17, 15) is 14.4 Å². The molecule has 1 atom stereocenters. The van der Waals surface area contributed by atoms with Crippen molar-refractivity contribution < 1.29 is 28.6 Å². The van der Waals surface area contributed by atoms with E-state index in [2.05, 4.69) is 10.6 Å². The normalized spacial score (nSPS) is 11.1. The molecule has 0 aliphatic carbocycles. The average Bonchev–Trinajstić information content (AvgIpc) is 2.68. The van der Waals surface area contributed by atoms with E-state index in [1.807, 2.05) is 6.92 Å². The van der Waals surface area contributed by atoms with Crippen LogP contribution in [-0.4, -0.2) is 37.1 Å². The van der Waals surface area contributed by atoms with Gasteiger partial charge in [-0.2, -0.15) is 0 Å². The molecule has 0 aliphatic rings. The minimum atomic E-state index is -0.999. The van der Waals surface area contributed by atoms with Gasteiger partial charge in [0.15, 0.2) is 12.7 Å². The second kappa shape index (κ2) is 10.7. The molecular formula is C21H24N2O6. The second-order valence-corrected chi connectivity index (χ2v) is 6.07. The Morgan fingerprint density at radius 2 is 1.38 bits per heavy atom. The standard InChI is InChI=1S/C21H24N2O6/c1-4-27-18-9-11-19(12-10-18)28-13-20(25)29-14(2)21(26)23-17-7-5-16(6-8-17)22-15(3)24/h5-12,14H,4,13H2,1-3H3,(H,22,24)(H,23,26)/t14-/m0/s1. The summed E-state index contributed by atoms with van der Waals surface area (Å²) in [5.41, 5.74) is 1.12. The fraction of sp³-hybridized carbons (Fsp3) is 0.286.